The molecule has 0 aliphatic heterocycles. The summed E-state index contributed by atoms with van der Waals surface area (Å²) in [5.41, 5.74) is 5.74. The Bertz CT molecular complexity index is 471. The Morgan fingerprint density at radius 2 is 1.83 bits per heavy atom. The molecule has 0 unspecified atom stereocenters. The predicted molar refractivity (Wildman–Crippen MR) is 66.9 cm³/mol. The zero-order chi connectivity index (χ0) is 13.5. The average molecular weight is 249 g/mol. The molecule has 0 saturated heterocycles. The predicted octanol–water partition coefficient (Wildman–Crippen LogP) is 0.250. The minimum atomic E-state index is -0.622. The van der Waals surface area contributed by atoms with Gasteiger partial charge in [-0.15, -0.1) is 0 Å². The van der Waals surface area contributed by atoms with Gasteiger partial charge in [-0.2, -0.15) is 0 Å². The van der Waals surface area contributed by atoms with Gasteiger partial charge in [0.05, 0.1) is 17.8 Å². The number of carbonyl (C=O) groups excluding carboxylic acids is 3. The molecule has 4 N–H and O–H groups in total. The van der Waals surface area contributed by atoms with Crippen molar-refractivity contribution < 1.29 is 14.4 Å². The lowest BCUT2D eigenvalue weighted by Crippen LogP contribution is -2.32. The van der Waals surface area contributed by atoms with E-state index >= 15 is 0 Å². The van der Waals surface area contributed by atoms with Gasteiger partial charge in [0.25, 0.3) is 5.91 Å². The van der Waals surface area contributed by atoms with Gasteiger partial charge >= 0.3 is 0 Å². The Morgan fingerprint density at radius 1 is 1.17 bits per heavy atom. The molecular formula is C12H15N3O3. The number of primary amides is 1. The zero-order valence-corrected chi connectivity index (χ0v) is 10.0. The third-order valence-corrected chi connectivity index (χ3v) is 2.23. The van der Waals surface area contributed by atoms with Gasteiger partial charge in [-0.3, -0.25) is 14.4 Å². The molecule has 0 aliphatic carbocycles. The smallest absolute Gasteiger partial charge is 0.250 e. The third kappa shape index (κ3) is 3.89. The number of rotatable bonds is 5. The van der Waals surface area contributed by atoms with E-state index in [0.717, 1.165) is 0 Å². The Balaban J connectivity index is 2.65. The highest BCUT2D eigenvalue weighted by atomic mass is 16.2. The molecule has 0 spiro atoms. The number of para-hydroxylation sites is 1. The molecule has 0 radical (unpaired) electrons. The summed E-state index contributed by atoms with van der Waals surface area (Å²) in [6.07, 6.45) is 0.311. The van der Waals surface area contributed by atoms with E-state index in [1.807, 2.05) is 0 Å². The number of hydrogen-bond donors (Lipinski definition) is 3. The van der Waals surface area contributed by atoms with Crippen LogP contribution in [0, 0.1) is 0 Å². The number of nitrogens with one attached hydrogen (secondary N) is 2. The number of amides is 3. The average Bonchev–Trinajstić information content (AvgIpc) is 2.36. The second-order valence-corrected chi connectivity index (χ2v) is 3.59. The van der Waals surface area contributed by atoms with Crippen molar-refractivity contribution in [3.63, 3.8) is 0 Å². The summed E-state index contributed by atoms with van der Waals surface area (Å²) in [5.74, 6) is -1.25. The van der Waals surface area contributed by atoms with Crippen LogP contribution in [0.1, 0.15) is 23.7 Å². The van der Waals surface area contributed by atoms with Crippen LogP contribution in [-0.4, -0.2) is 24.3 Å². The monoisotopic (exact) mass is 249 g/mol. The number of anilines is 1. The van der Waals surface area contributed by atoms with E-state index in [1.54, 1.807) is 25.1 Å². The van der Waals surface area contributed by atoms with E-state index in [1.165, 1.54) is 6.07 Å². The lowest BCUT2D eigenvalue weighted by atomic mass is 10.1. The molecule has 0 aromatic heterocycles. The maximum Gasteiger partial charge on any atom is 0.250 e. The maximum atomic E-state index is 11.5. The van der Waals surface area contributed by atoms with Crippen molar-refractivity contribution in [1.82, 2.24) is 5.32 Å². The number of benzene rings is 1. The molecule has 96 valence electrons. The van der Waals surface area contributed by atoms with E-state index in [2.05, 4.69) is 10.6 Å². The quantitative estimate of drug-likeness (QED) is 0.697. The molecule has 6 nitrogen and oxygen atoms in total. The van der Waals surface area contributed by atoms with Crippen LogP contribution in [-0.2, 0) is 9.59 Å². The number of carbonyl (C=O) groups is 3. The van der Waals surface area contributed by atoms with Gasteiger partial charge in [-0.25, -0.2) is 0 Å². The van der Waals surface area contributed by atoms with Crippen LogP contribution in [0.25, 0.3) is 0 Å². The van der Waals surface area contributed by atoms with Crippen molar-refractivity contribution in [2.75, 3.05) is 11.9 Å². The first-order valence-electron chi connectivity index (χ1n) is 5.50. The van der Waals surface area contributed by atoms with Gasteiger partial charge in [-0.05, 0) is 12.1 Å². The van der Waals surface area contributed by atoms with Crippen molar-refractivity contribution in [2.45, 2.75) is 13.3 Å². The molecule has 0 fully saturated rings. The van der Waals surface area contributed by atoms with Crippen LogP contribution < -0.4 is 16.4 Å². The first kappa shape index (κ1) is 13.7. The molecular weight excluding hydrogens is 234 g/mol. The SMILES string of the molecule is CCC(=O)NCC(=O)Nc1ccccc1C(N)=O. The largest absolute Gasteiger partial charge is 0.366 e. The summed E-state index contributed by atoms with van der Waals surface area (Å²) in [4.78, 5) is 33.6. The first-order valence-corrected chi connectivity index (χ1v) is 5.50. The topological polar surface area (TPSA) is 101 Å². The fourth-order valence-electron chi connectivity index (χ4n) is 1.31. The Labute approximate surface area is 105 Å². The van der Waals surface area contributed by atoms with Crippen LogP contribution in [0.15, 0.2) is 24.3 Å². The zero-order valence-electron chi connectivity index (χ0n) is 10.0. The van der Waals surface area contributed by atoms with Gasteiger partial charge in [0, 0.05) is 6.42 Å². The summed E-state index contributed by atoms with van der Waals surface area (Å²) in [6.45, 7) is 1.55. The molecule has 6 heteroatoms. The molecule has 0 saturated carbocycles. The van der Waals surface area contributed by atoms with Gasteiger partial charge < -0.3 is 16.4 Å². The van der Waals surface area contributed by atoms with Crippen molar-refractivity contribution in [3.05, 3.63) is 29.8 Å². The summed E-state index contributed by atoms with van der Waals surface area (Å²) in [5, 5.41) is 4.95. The summed E-state index contributed by atoms with van der Waals surface area (Å²) in [6, 6.07) is 6.41. The summed E-state index contributed by atoms with van der Waals surface area (Å²) < 4.78 is 0. The van der Waals surface area contributed by atoms with Gasteiger partial charge in [0.15, 0.2) is 0 Å². The van der Waals surface area contributed by atoms with Crippen LogP contribution in [0.5, 0.6) is 0 Å². The molecule has 0 atom stereocenters. The van der Waals surface area contributed by atoms with Crippen molar-refractivity contribution in [1.29, 1.82) is 0 Å². The van der Waals surface area contributed by atoms with Crippen molar-refractivity contribution >= 4 is 23.4 Å². The highest BCUT2D eigenvalue weighted by Crippen LogP contribution is 2.13. The van der Waals surface area contributed by atoms with Crippen LogP contribution >= 0.6 is 0 Å². The molecule has 0 bridgehead atoms. The van der Waals surface area contributed by atoms with Crippen LogP contribution in [0.3, 0.4) is 0 Å². The standard InChI is InChI=1S/C12H15N3O3/c1-2-10(16)14-7-11(17)15-9-6-4-3-5-8(9)12(13)18/h3-6H,2,7H2,1H3,(H2,13,18)(H,14,16)(H,15,17). The fraction of sp³-hybridized carbons (Fsp3) is 0.250. The van der Waals surface area contributed by atoms with E-state index in [9.17, 15) is 14.4 Å². The molecule has 1 aromatic rings. The number of nitrogens with two attached hydrogens (primary N) is 1. The lowest BCUT2D eigenvalue weighted by Gasteiger charge is -2.09. The van der Waals surface area contributed by atoms with Crippen molar-refractivity contribution in [3.8, 4) is 0 Å². The van der Waals surface area contributed by atoms with E-state index < -0.39 is 11.8 Å². The van der Waals surface area contributed by atoms with Gasteiger partial charge in [0.1, 0.15) is 0 Å². The third-order valence-electron chi connectivity index (χ3n) is 2.23. The molecule has 3 amide bonds. The van der Waals surface area contributed by atoms with E-state index in [4.69, 9.17) is 5.73 Å². The van der Waals surface area contributed by atoms with E-state index in [-0.39, 0.29) is 18.0 Å². The van der Waals surface area contributed by atoms with Crippen LogP contribution in [0.4, 0.5) is 5.69 Å². The van der Waals surface area contributed by atoms with E-state index in [0.29, 0.717) is 12.1 Å². The highest BCUT2D eigenvalue weighted by molar-refractivity contribution is 6.03. The van der Waals surface area contributed by atoms with Crippen molar-refractivity contribution in [2.24, 2.45) is 5.73 Å². The molecule has 0 heterocycles. The molecule has 1 rings (SSSR count). The molecule has 1 aromatic carbocycles. The maximum absolute atomic E-state index is 11.5. The Kier molecular flexibility index (Phi) is 4.86. The molecule has 18 heavy (non-hydrogen) atoms. The van der Waals surface area contributed by atoms with Gasteiger partial charge in [0.2, 0.25) is 11.8 Å². The summed E-state index contributed by atoms with van der Waals surface area (Å²) in [7, 11) is 0. The van der Waals surface area contributed by atoms with Gasteiger partial charge in [-0.1, -0.05) is 19.1 Å². The first-order chi connectivity index (χ1) is 8.54. The second kappa shape index (κ2) is 6.39. The molecule has 0 aliphatic rings. The minimum Gasteiger partial charge on any atom is -0.366 e. The lowest BCUT2D eigenvalue weighted by molar-refractivity contribution is -0.123. The highest BCUT2D eigenvalue weighted by Gasteiger charge is 2.10. The Hall–Kier alpha value is -2.37. The Morgan fingerprint density at radius 3 is 2.44 bits per heavy atom. The number of hydrogen-bond acceptors (Lipinski definition) is 3. The normalized spacial score (nSPS) is 9.61. The fourth-order valence-corrected chi connectivity index (χ4v) is 1.31. The van der Waals surface area contributed by atoms with Crippen LogP contribution in [0.2, 0.25) is 0 Å². The summed E-state index contributed by atoms with van der Waals surface area (Å²) >= 11 is 0. The minimum absolute atomic E-state index is 0.139. The second-order valence-electron chi connectivity index (χ2n) is 3.59.